The number of aryl methyl sites for hydroxylation is 2. The zero-order valence-corrected chi connectivity index (χ0v) is 17.3. The molecule has 0 aliphatic carbocycles. The molecule has 0 saturated carbocycles. The zero-order valence-electron chi connectivity index (χ0n) is 15.7. The summed E-state index contributed by atoms with van der Waals surface area (Å²) in [5.74, 6) is -0.321. The topological polar surface area (TPSA) is 97.6 Å². The molecule has 0 spiro atoms. The molecule has 3 heterocycles. The number of halogens is 1. The highest BCUT2D eigenvalue weighted by molar-refractivity contribution is 7.18. The Hall–Kier alpha value is -2.36. The number of anilines is 1. The van der Waals surface area contributed by atoms with Crippen LogP contribution in [0.4, 0.5) is 5.13 Å². The molecule has 148 valence electrons. The fourth-order valence-corrected chi connectivity index (χ4v) is 4.01. The van der Waals surface area contributed by atoms with Crippen LogP contribution in [0, 0.1) is 13.8 Å². The zero-order chi connectivity index (χ0) is 18.8. The number of rotatable bonds is 4. The molecule has 28 heavy (non-hydrogen) atoms. The van der Waals surface area contributed by atoms with E-state index in [0.717, 1.165) is 36.5 Å². The van der Waals surface area contributed by atoms with E-state index in [1.54, 1.807) is 10.9 Å². The van der Waals surface area contributed by atoms with Crippen molar-refractivity contribution in [2.24, 2.45) is 0 Å². The lowest BCUT2D eigenvalue weighted by Crippen LogP contribution is -2.29. The van der Waals surface area contributed by atoms with Crippen LogP contribution in [0.2, 0.25) is 0 Å². The van der Waals surface area contributed by atoms with Crippen molar-refractivity contribution in [3.8, 4) is 10.6 Å². The van der Waals surface area contributed by atoms with Crippen molar-refractivity contribution in [1.82, 2.24) is 30.5 Å². The summed E-state index contributed by atoms with van der Waals surface area (Å²) in [5, 5.41) is 23.7. The molecule has 0 bridgehead atoms. The largest absolute Gasteiger partial charge is 0.317 e. The number of carbonyl (C=O) groups excluding carboxylic acids is 1. The molecule has 1 aliphatic heterocycles. The average Bonchev–Trinajstić information content (AvgIpc) is 3.31. The van der Waals surface area contributed by atoms with E-state index in [1.165, 1.54) is 22.5 Å². The van der Waals surface area contributed by atoms with Crippen LogP contribution in [0.3, 0.4) is 0 Å². The molecule has 1 aliphatic rings. The Balaban J connectivity index is 0.00000225. The summed E-state index contributed by atoms with van der Waals surface area (Å²) < 4.78 is 1.79. The van der Waals surface area contributed by atoms with E-state index in [4.69, 9.17) is 0 Å². The van der Waals surface area contributed by atoms with Crippen molar-refractivity contribution in [3.63, 3.8) is 0 Å². The van der Waals surface area contributed by atoms with Crippen LogP contribution in [0.1, 0.15) is 40.5 Å². The molecule has 10 heteroatoms. The Morgan fingerprint density at radius 1 is 1.14 bits per heavy atom. The van der Waals surface area contributed by atoms with Gasteiger partial charge in [-0.25, -0.2) is 4.68 Å². The number of piperidine rings is 1. The van der Waals surface area contributed by atoms with E-state index in [2.05, 4.69) is 49.3 Å². The minimum absolute atomic E-state index is 0. The first kappa shape index (κ1) is 20.4. The van der Waals surface area contributed by atoms with Gasteiger partial charge >= 0.3 is 0 Å². The van der Waals surface area contributed by atoms with Gasteiger partial charge < -0.3 is 5.32 Å². The maximum atomic E-state index is 12.5. The van der Waals surface area contributed by atoms with Crippen LogP contribution in [0.5, 0.6) is 0 Å². The highest BCUT2D eigenvalue weighted by atomic mass is 35.5. The summed E-state index contributed by atoms with van der Waals surface area (Å²) in [4.78, 5) is 12.5. The standard InChI is InChI=1S/C18H21N7OS.ClH/c1-11-7-12(2)9-13(8-11)17-22-23-18(27-17)20-16(26)15-10-25(24-21-15)14-3-5-19-6-4-14;/h7-10,14,19H,3-6H2,1-2H3,(H,20,23,26);1H. The van der Waals surface area contributed by atoms with Crippen molar-refractivity contribution < 1.29 is 4.79 Å². The van der Waals surface area contributed by atoms with Gasteiger partial charge in [-0.1, -0.05) is 33.7 Å². The second kappa shape index (κ2) is 8.76. The van der Waals surface area contributed by atoms with Crippen LogP contribution in [0.25, 0.3) is 10.6 Å². The monoisotopic (exact) mass is 419 g/mol. The summed E-state index contributed by atoms with van der Waals surface area (Å²) in [6, 6.07) is 6.52. The minimum atomic E-state index is -0.321. The number of nitrogens with zero attached hydrogens (tertiary/aromatic N) is 5. The Morgan fingerprint density at radius 3 is 2.57 bits per heavy atom. The van der Waals surface area contributed by atoms with E-state index in [-0.39, 0.29) is 30.0 Å². The molecule has 1 fully saturated rings. The first-order valence-electron chi connectivity index (χ1n) is 8.94. The van der Waals surface area contributed by atoms with Gasteiger partial charge in [0.25, 0.3) is 5.91 Å². The van der Waals surface area contributed by atoms with Gasteiger partial charge in [0, 0.05) is 5.56 Å². The molecule has 0 radical (unpaired) electrons. The smallest absolute Gasteiger partial charge is 0.279 e. The molecule has 4 rings (SSSR count). The molecule has 1 aromatic carbocycles. The fraction of sp³-hybridized carbons (Fsp3) is 0.389. The third kappa shape index (κ3) is 4.54. The lowest BCUT2D eigenvalue weighted by molar-refractivity contribution is 0.102. The summed E-state index contributed by atoms with van der Waals surface area (Å²) in [6.07, 6.45) is 3.68. The fourth-order valence-electron chi connectivity index (χ4n) is 3.28. The minimum Gasteiger partial charge on any atom is -0.317 e. The van der Waals surface area contributed by atoms with E-state index in [1.807, 2.05) is 13.8 Å². The van der Waals surface area contributed by atoms with Crippen LogP contribution in [-0.2, 0) is 0 Å². The number of hydrogen-bond donors (Lipinski definition) is 2. The van der Waals surface area contributed by atoms with Crippen LogP contribution in [0.15, 0.2) is 24.4 Å². The van der Waals surface area contributed by atoms with Gasteiger partial charge in [0.1, 0.15) is 5.01 Å². The Morgan fingerprint density at radius 2 is 1.86 bits per heavy atom. The highest BCUT2D eigenvalue weighted by Crippen LogP contribution is 2.28. The van der Waals surface area contributed by atoms with Crippen molar-refractivity contribution in [2.45, 2.75) is 32.7 Å². The van der Waals surface area contributed by atoms with Gasteiger partial charge in [-0.2, -0.15) is 0 Å². The van der Waals surface area contributed by atoms with E-state index in [9.17, 15) is 4.79 Å². The summed E-state index contributed by atoms with van der Waals surface area (Å²) in [6.45, 7) is 6.01. The molecule has 1 amide bonds. The molecule has 0 atom stereocenters. The first-order chi connectivity index (χ1) is 13.1. The van der Waals surface area contributed by atoms with Crippen LogP contribution < -0.4 is 10.6 Å². The van der Waals surface area contributed by atoms with Crippen molar-refractivity contribution in [3.05, 3.63) is 41.2 Å². The van der Waals surface area contributed by atoms with Gasteiger partial charge in [-0.05, 0) is 51.9 Å². The summed E-state index contributed by atoms with van der Waals surface area (Å²) in [5.41, 5.74) is 3.62. The SMILES string of the molecule is Cc1cc(C)cc(-c2nnc(NC(=O)c3cn(C4CCNCC4)nn3)s2)c1.Cl. The second-order valence-electron chi connectivity index (χ2n) is 6.81. The number of carbonyl (C=O) groups is 1. The first-order valence-corrected chi connectivity index (χ1v) is 9.76. The third-order valence-electron chi connectivity index (χ3n) is 4.54. The summed E-state index contributed by atoms with van der Waals surface area (Å²) >= 11 is 1.34. The molecular formula is C18H22ClN7OS. The number of aromatic nitrogens is 5. The predicted molar refractivity (Wildman–Crippen MR) is 111 cm³/mol. The van der Waals surface area contributed by atoms with Gasteiger partial charge in [-0.15, -0.1) is 27.7 Å². The maximum Gasteiger partial charge on any atom is 0.279 e. The average molecular weight is 420 g/mol. The molecule has 0 unspecified atom stereocenters. The lowest BCUT2D eigenvalue weighted by atomic mass is 10.1. The highest BCUT2D eigenvalue weighted by Gasteiger charge is 2.19. The van der Waals surface area contributed by atoms with Gasteiger partial charge in [0.15, 0.2) is 5.69 Å². The summed E-state index contributed by atoms with van der Waals surface area (Å²) in [7, 11) is 0. The molecule has 2 N–H and O–H groups in total. The van der Waals surface area contributed by atoms with Crippen LogP contribution >= 0.6 is 23.7 Å². The van der Waals surface area contributed by atoms with E-state index < -0.39 is 0 Å². The Bertz CT molecular complexity index is 944. The van der Waals surface area contributed by atoms with Crippen molar-refractivity contribution in [1.29, 1.82) is 0 Å². The van der Waals surface area contributed by atoms with E-state index >= 15 is 0 Å². The van der Waals surface area contributed by atoms with Gasteiger partial charge in [-0.3, -0.25) is 10.1 Å². The quantitative estimate of drug-likeness (QED) is 0.674. The Labute approximate surface area is 173 Å². The van der Waals surface area contributed by atoms with Crippen LogP contribution in [-0.4, -0.2) is 44.2 Å². The predicted octanol–water partition coefficient (Wildman–Crippen LogP) is 3.01. The molecular weight excluding hydrogens is 398 g/mol. The molecule has 3 aromatic rings. The number of amides is 1. The van der Waals surface area contributed by atoms with Crippen molar-refractivity contribution >= 4 is 34.8 Å². The van der Waals surface area contributed by atoms with Gasteiger partial charge in [0.2, 0.25) is 5.13 Å². The number of nitrogens with one attached hydrogen (secondary N) is 2. The maximum absolute atomic E-state index is 12.5. The number of hydrogen-bond acceptors (Lipinski definition) is 7. The molecule has 2 aromatic heterocycles. The molecule has 1 saturated heterocycles. The van der Waals surface area contributed by atoms with Crippen molar-refractivity contribution in [2.75, 3.05) is 18.4 Å². The number of benzene rings is 1. The molecule has 8 nitrogen and oxygen atoms in total. The second-order valence-corrected chi connectivity index (χ2v) is 7.79. The normalized spacial score (nSPS) is 14.5. The van der Waals surface area contributed by atoms with Gasteiger partial charge in [0.05, 0.1) is 12.2 Å². The third-order valence-corrected chi connectivity index (χ3v) is 5.43. The Kier molecular flexibility index (Phi) is 6.38. The lowest BCUT2D eigenvalue weighted by Gasteiger charge is -2.21. The van der Waals surface area contributed by atoms with E-state index in [0.29, 0.717) is 5.13 Å².